The van der Waals surface area contributed by atoms with Gasteiger partial charge in [-0.25, -0.2) is 0 Å². The number of methoxy groups -OCH3 is 1. The number of β-amino-alcohol motifs (C(OH)–C–C–N with tert-alkyl or cyclic N) is 1. The van der Waals surface area contributed by atoms with Gasteiger partial charge in [-0.1, -0.05) is 6.07 Å². The third-order valence-electron chi connectivity index (χ3n) is 5.79. The van der Waals surface area contributed by atoms with Crippen LogP contribution >= 0.6 is 0 Å². The summed E-state index contributed by atoms with van der Waals surface area (Å²) in [7, 11) is 1.61. The van der Waals surface area contributed by atoms with E-state index in [1.54, 1.807) is 7.11 Å². The minimum Gasteiger partial charge on any atom is -0.493 e. The monoisotopic (exact) mass is 426 g/mol. The molecule has 2 aliphatic rings. The molecule has 4 rings (SSSR count). The summed E-state index contributed by atoms with van der Waals surface area (Å²) >= 11 is 0. The van der Waals surface area contributed by atoms with Crippen LogP contribution in [0.25, 0.3) is 0 Å². The number of likely N-dealkylation sites (tertiary alicyclic amines) is 1. The van der Waals surface area contributed by atoms with E-state index in [0.29, 0.717) is 37.1 Å². The van der Waals surface area contributed by atoms with Gasteiger partial charge in [-0.2, -0.15) is 0 Å². The number of carbonyl (C=O) groups is 1. The van der Waals surface area contributed by atoms with Crippen LogP contribution in [0.5, 0.6) is 11.5 Å². The Morgan fingerprint density at radius 2 is 2.00 bits per heavy atom. The van der Waals surface area contributed by atoms with Gasteiger partial charge in [-0.3, -0.25) is 19.6 Å². The van der Waals surface area contributed by atoms with E-state index in [1.165, 1.54) is 5.56 Å². The first-order valence-corrected chi connectivity index (χ1v) is 10.7. The van der Waals surface area contributed by atoms with E-state index in [-0.39, 0.29) is 12.5 Å². The van der Waals surface area contributed by atoms with Gasteiger partial charge in [0.1, 0.15) is 12.7 Å². The number of aliphatic hydroxyl groups is 1. The Morgan fingerprint density at radius 3 is 2.74 bits per heavy atom. The highest BCUT2D eigenvalue weighted by Crippen LogP contribution is 2.31. The Hall–Kier alpha value is -2.68. The first kappa shape index (κ1) is 21.5. The van der Waals surface area contributed by atoms with Crippen LogP contribution in [0.2, 0.25) is 0 Å². The summed E-state index contributed by atoms with van der Waals surface area (Å²) in [6.07, 6.45) is 3.01. The summed E-state index contributed by atoms with van der Waals surface area (Å²) in [5.74, 6) is 1.82. The number of ether oxygens (including phenoxy) is 2. The molecule has 1 atom stereocenters. The maximum absolute atomic E-state index is 11.5. The predicted molar refractivity (Wildman–Crippen MR) is 116 cm³/mol. The summed E-state index contributed by atoms with van der Waals surface area (Å²) in [5.41, 5.74) is 2.48. The number of nitrogens with one attached hydrogen (secondary N) is 1. The van der Waals surface area contributed by atoms with Crippen molar-refractivity contribution < 1.29 is 19.4 Å². The number of aromatic nitrogens is 1. The lowest BCUT2D eigenvalue weighted by Gasteiger charge is -2.39. The van der Waals surface area contributed by atoms with Crippen LogP contribution in [0.4, 0.5) is 0 Å². The molecule has 8 heteroatoms. The minimum atomic E-state index is -0.684. The van der Waals surface area contributed by atoms with Gasteiger partial charge in [0.25, 0.3) is 0 Å². The predicted octanol–water partition coefficient (Wildman–Crippen LogP) is 0.861. The number of pyridine rings is 1. The van der Waals surface area contributed by atoms with Crippen molar-refractivity contribution in [3.8, 4) is 11.5 Å². The summed E-state index contributed by atoms with van der Waals surface area (Å²) in [6.45, 7) is 5.09. The fourth-order valence-corrected chi connectivity index (χ4v) is 4.12. The lowest BCUT2D eigenvalue weighted by Crippen LogP contribution is -2.50. The van der Waals surface area contributed by atoms with E-state index in [4.69, 9.17) is 9.47 Å². The number of hydrogen-bond donors (Lipinski definition) is 2. The Balaban J connectivity index is 1.29. The van der Waals surface area contributed by atoms with Crippen molar-refractivity contribution in [3.05, 3.63) is 53.9 Å². The van der Waals surface area contributed by atoms with E-state index in [0.717, 1.165) is 31.7 Å². The van der Waals surface area contributed by atoms with Crippen molar-refractivity contribution in [2.75, 3.05) is 53.0 Å². The van der Waals surface area contributed by atoms with Crippen LogP contribution in [-0.2, 0) is 11.3 Å². The Morgan fingerprint density at radius 1 is 1.19 bits per heavy atom. The van der Waals surface area contributed by atoms with Gasteiger partial charge in [-0.05, 0) is 35.4 Å². The summed E-state index contributed by atoms with van der Waals surface area (Å²) in [6, 6.07) is 10.1. The highest BCUT2D eigenvalue weighted by atomic mass is 16.5. The van der Waals surface area contributed by atoms with Crippen molar-refractivity contribution in [2.24, 2.45) is 0 Å². The van der Waals surface area contributed by atoms with E-state index in [9.17, 15) is 9.90 Å². The smallest absolute Gasteiger partial charge is 0.234 e. The second-order valence-electron chi connectivity index (χ2n) is 8.21. The van der Waals surface area contributed by atoms with Crippen molar-refractivity contribution in [2.45, 2.75) is 18.6 Å². The molecule has 1 unspecified atom stereocenters. The molecule has 1 aromatic heterocycles. The second kappa shape index (κ2) is 10.1. The lowest BCUT2D eigenvalue weighted by molar-refractivity contribution is -0.124. The molecule has 2 fully saturated rings. The third kappa shape index (κ3) is 5.72. The third-order valence-corrected chi connectivity index (χ3v) is 5.79. The molecule has 1 aromatic carbocycles. The normalized spacial score (nSPS) is 18.8. The Kier molecular flexibility index (Phi) is 7.01. The number of benzene rings is 1. The molecule has 2 N–H and O–H groups in total. The molecular formula is C23H30N4O4. The first-order valence-electron chi connectivity index (χ1n) is 10.7. The van der Waals surface area contributed by atoms with Gasteiger partial charge in [-0.15, -0.1) is 0 Å². The van der Waals surface area contributed by atoms with Crippen molar-refractivity contribution in [3.63, 3.8) is 0 Å². The van der Waals surface area contributed by atoms with E-state index in [1.807, 2.05) is 35.5 Å². The number of piperazine rings is 1. The largest absolute Gasteiger partial charge is 0.493 e. The lowest BCUT2D eigenvalue weighted by atomic mass is 9.92. The highest BCUT2D eigenvalue weighted by Gasteiger charge is 2.28. The van der Waals surface area contributed by atoms with Gasteiger partial charge >= 0.3 is 0 Å². The summed E-state index contributed by atoms with van der Waals surface area (Å²) in [4.78, 5) is 19.9. The highest BCUT2D eigenvalue weighted by molar-refractivity contribution is 5.78. The molecule has 2 aromatic rings. The number of amides is 1. The minimum absolute atomic E-state index is 0.00842. The molecule has 3 heterocycles. The van der Waals surface area contributed by atoms with Crippen LogP contribution in [0.15, 0.2) is 42.7 Å². The van der Waals surface area contributed by atoms with Crippen LogP contribution < -0.4 is 14.8 Å². The van der Waals surface area contributed by atoms with Gasteiger partial charge in [0, 0.05) is 57.6 Å². The first-order chi connectivity index (χ1) is 15.1. The zero-order valence-electron chi connectivity index (χ0n) is 17.9. The molecule has 2 saturated heterocycles. The molecule has 0 bridgehead atoms. The fourth-order valence-electron chi connectivity index (χ4n) is 4.12. The Bertz CT molecular complexity index is 873. The SMILES string of the molecule is COc1ccc(CN2CC(c3ccncc3)C2)cc1OCC(O)CN1CCNC(=O)C1. The maximum Gasteiger partial charge on any atom is 0.234 e. The van der Waals surface area contributed by atoms with E-state index < -0.39 is 6.10 Å². The topological polar surface area (TPSA) is 87.2 Å². The van der Waals surface area contributed by atoms with Gasteiger partial charge in [0.2, 0.25) is 5.91 Å². The van der Waals surface area contributed by atoms with E-state index >= 15 is 0 Å². The van der Waals surface area contributed by atoms with Crippen molar-refractivity contribution >= 4 is 5.91 Å². The number of carbonyl (C=O) groups excluding carboxylic acids is 1. The van der Waals surface area contributed by atoms with Crippen LogP contribution in [0.3, 0.4) is 0 Å². The number of nitrogens with zero attached hydrogens (tertiary/aromatic N) is 3. The zero-order chi connectivity index (χ0) is 21.6. The quantitative estimate of drug-likeness (QED) is 0.615. The number of hydrogen-bond acceptors (Lipinski definition) is 7. The molecule has 31 heavy (non-hydrogen) atoms. The molecular weight excluding hydrogens is 396 g/mol. The van der Waals surface area contributed by atoms with Crippen LogP contribution in [-0.4, -0.2) is 84.9 Å². The van der Waals surface area contributed by atoms with Gasteiger partial charge in [0.05, 0.1) is 13.7 Å². The summed E-state index contributed by atoms with van der Waals surface area (Å²) in [5, 5.41) is 13.1. The molecule has 0 spiro atoms. The van der Waals surface area contributed by atoms with Crippen molar-refractivity contribution in [1.82, 2.24) is 20.1 Å². The van der Waals surface area contributed by atoms with E-state index in [2.05, 4.69) is 27.3 Å². The van der Waals surface area contributed by atoms with Gasteiger partial charge < -0.3 is 19.9 Å². The average Bonchev–Trinajstić information content (AvgIpc) is 2.75. The van der Waals surface area contributed by atoms with Crippen LogP contribution in [0.1, 0.15) is 17.0 Å². The van der Waals surface area contributed by atoms with Gasteiger partial charge in [0.15, 0.2) is 11.5 Å². The van der Waals surface area contributed by atoms with Crippen molar-refractivity contribution in [1.29, 1.82) is 0 Å². The van der Waals surface area contributed by atoms with Crippen LogP contribution in [0, 0.1) is 0 Å². The molecule has 0 radical (unpaired) electrons. The molecule has 1 amide bonds. The zero-order valence-corrected chi connectivity index (χ0v) is 17.9. The molecule has 0 saturated carbocycles. The average molecular weight is 427 g/mol. The second-order valence-corrected chi connectivity index (χ2v) is 8.21. The molecule has 8 nitrogen and oxygen atoms in total. The maximum atomic E-state index is 11.5. The number of rotatable bonds is 9. The summed E-state index contributed by atoms with van der Waals surface area (Å²) < 4.78 is 11.3. The Labute approximate surface area is 182 Å². The fraction of sp³-hybridized carbons (Fsp3) is 0.478. The molecule has 166 valence electrons. The molecule has 0 aliphatic carbocycles. The standard InChI is InChI=1S/C23H30N4O4/c1-30-21-3-2-17(11-27-12-19(13-27)18-4-6-24-7-5-18)10-22(21)31-16-20(28)14-26-9-8-25-23(29)15-26/h2-7,10,19-20,28H,8-9,11-16H2,1H3,(H,25,29). The molecule has 2 aliphatic heterocycles. The number of aliphatic hydroxyl groups excluding tert-OH is 1.